The van der Waals surface area contributed by atoms with Gasteiger partial charge in [-0.2, -0.15) is 0 Å². The molecule has 1 aromatic rings. The monoisotopic (exact) mass is 224 g/mol. The van der Waals surface area contributed by atoms with Crippen molar-refractivity contribution in [2.24, 2.45) is 0 Å². The van der Waals surface area contributed by atoms with Gasteiger partial charge >= 0.3 is 0 Å². The Morgan fingerprint density at radius 3 is 1.75 bits per heavy atom. The molecule has 0 unspecified atom stereocenters. The van der Waals surface area contributed by atoms with Crippen LogP contribution >= 0.6 is 34.8 Å². The van der Waals surface area contributed by atoms with Gasteiger partial charge in [0, 0.05) is 0 Å². The van der Waals surface area contributed by atoms with Crippen LogP contribution in [-0.2, 0) is 17.6 Å². The predicted octanol–water partition coefficient (Wildman–Crippen LogP) is 2.69. The first kappa shape index (κ1) is 10.0. The molecule has 1 heterocycles. The second-order valence-electron chi connectivity index (χ2n) is 2.17. The third-order valence-corrected chi connectivity index (χ3v) is 2.06. The molecule has 12 heavy (non-hydrogen) atoms. The molecule has 0 N–H and O–H groups in total. The van der Waals surface area contributed by atoms with Gasteiger partial charge in [0.15, 0.2) is 0 Å². The number of nitrogens with zero attached hydrogens (tertiary/aromatic N) is 2. The number of hydrogen-bond acceptors (Lipinski definition) is 2. The predicted molar refractivity (Wildman–Crippen MR) is 50.7 cm³/mol. The minimum Gasteiger partial charge on any atom is -0.235 e. The Balaban J connectivity index is 3.01. The average molecular weight is 226 g/mol. The Morgan fingerprint density at radius 1 is 0.917 bits per heavy atom. The normalized spacial score (nSPS) is 10.2. The van der Waals surface area contributed by atoms with E-state index >= 15 is 0 Å². The molecule has 0 saturated heterocycles. The van der Waals surface area contributed by atoms with Crippen LogP contribution in [0.2, 0.25) is 0 Å². The van der Waals surface area contributed by atoms with Gasteiger partial charge in [0.25, 0.3) is 0 Å². The Bertz CT molecular complexity index is 210. The molecule has 66 valence electrons. The average Bonchev–Trinajstić information content (AvgIpc) is 2.16. The smallest absolute Gasteiger partial charge is 0.143 e. The molecule has 0 amide bonds. The molecule has 2 nitrogen and oxygen atoms in total. The number of rotatable bonds is 3. The van der Waals surface area contributed by atoms with Gasteiger partial charge in [0.1, 0.15) is 5.82 Å². The van der Waals surface area contributed by atoms with Crippen LogP contribution in [0.25, 0.3) is 0 Å². The summed E-state index contributed by atoms with van der Waals surface area (Å²) < 4.78 is 0. The molecule has 0 aromatic carbocycles. The molecular formula is C7H7Cl3N2. The summed E-state index contributed by atoms with van der Waals surface area (Å²) in [5.41, 5.74) is 1.52. The molecule has 0 bridgehead atoms. The first-order valence-electron chi connectivity index (χ1n) is 3.33. The first-order chi connectivity index (χ1) is 5.80. The number of hydrogen-bond donors (Lipinski definition) is 0. The van der Waals surface area contributed by atoms with E-state index < -0.39 is 0 Å². The van der Waals surface area contributed by atoms with Gasteiger partial charge in [-0.3, -0.25) is 0 Å². The molecule has 0 aliphatic rings. The largest absolute Gasteiger partial charge is 0.235 e. The van der Waals surface area contributed by atoms with E-state index in [0.29, 0.717) is 17.6 Å². The van der Waals surface area contributed by atoms with Gasteiger partial charge in [-0.25, -0.2) is 9.97 Å². The standard InChI is InChI=1S/C7H7Cl3N2/c8-2-5-1-6(3-9)12-7(4-10)11-5/h1H,2-4H2. The SMILES string of the molecule is ClCc1cc(CCl)nc(CCl)n1. The molecular weight excluding hydrogens is 218 g/mol. The second-order valence-corrected chi connectivity index (χ2v) is 2.97. The van der Waals surface area contributed by atoms with Gasteiger partial charge in [-0.1, -0.05) is 0 Å². The molecule has 1 rings (SSSR count). The highest BCUT2D eigenvalue weighted by atomic mass is 35.5. The first-order valence-corrected chi connectivity index (χ1v) is 4.94. The van der Waals surface area contributed by atoms with Gasteiger partial charge in [0.2, 0.25) is 0 Å². The van der Waals surface area contributed by atoms with Crippen LogP contribution in [0.4, 0.5) is 0 Å². The fraction of sp³-hybridized carbons (Fsp3) is 0.429. The van der Waals surface area contributed by atoms with Crippen LogP contribution in [-0.4, -0.2) is 9.97 Å². The van der Waals surface area contributed by atoms with Gasteiger partial charge in [0.05, 0.1) is 29.0 Å². The number of alkyl halides is 3. The summed E-state index contributed by atoms with van der Waals surface area (Å²) in [5, 5.41) is 0. The molecule has 5 heteroatoms. The Morgan fingerprint density at radius 2 is 1.42 bits per heavy atom. The third-order valence-electron chi connectivity index (χ3n) is 1.27. The van der Waals surface area contributed by atoms with E-state index in [-0.39, 0.29) is 5.88 Å². The Hall–Kier alpha value is -0.0500. The lowest BCUT2D eigenvalue weighted by atomic mass is 10.3. The highest BCUT2D eigenvalue weighted by Gasteiger charge is 2.01. The zero-order valence-corrected chi connectivity index (χ0v) is 8.49. The summed E-state index contributed by atoms with van der Waals surface area (Å²) in [6.45, 7) is 0. The van der Waals surface area contributed by atoms with Crippen LogP contribution in [0.3, 0.4) is 0 Å². The van der Waals surface area contributed by atoms with E-state index in [1.807, 2.05) is 0 Å². The zero-order valence-electron chi connectivity index (χ0n) is 6.23. The summed E-state index contributed by atoms with van der Waals surface area (Å²) in [6.07, 6.45) is 0. The fourth-order valence-corrected chi connectivity index (χ4v) is 1.20. The molecule has 0 fully saturated rings. The molecule has 0 atom stereocenters. The van der Waals surface area contributed by atoms with Crippen molar-refractivity contribution < 1.29 is 0 Å². The molecule has 1 aromatic heterocycles. The lowest BCUT2D eigenvalue weighted by Crippen LogP contribution is -1.99. The van der Waals surface area contributed by atoms with Crippen LogP contribution in [0.15, 0.2) is 6.07 Å². The van der Waals surface area contributed by atoms with Crippen molar-refractivity contribution >= 4 is 34.8 Å². The summed E-state index contributed by atoms with van der Waals surface area (Å²) in [4.78, 5) is 8.17. The van der Waals surface area contributed by atoms with E-state index in [1.54, 1.807) is 6.07 Å². The summed E-state index contributed by atoms with van der Waals surface area (Å²) in [6, 6.07) is 1.77. The quantitative estimate of drug-likeness (QED) is 0.739. The number of aromatic nitrogens is 2. The Kier molecular flexibility index (Phi) is 4.06. The van der Waals surface area contributed by atoms with Gasteiger partial charge in [-0.05, 0) is 6.07 Å². The van der Waals surface area contributed by atoms with Crippen LogP contribution in [0, 0.1) is 0 Å². The minimum atomic E-state index is 0.286. The fourth-order valence-electron chi connectivity index (χ4n) is 0.810. The summed E-state index contributed by atoms with van der Waals surface area (Å²) in [7, 11) is 0. The van der Waals surface area contributed by atoms with Crippen molar-refractivity contribution in [3.8, 4) is 0 Å². The van der Waals surface area contributed by atoms with Crippen molar-refractivity contribution in [2.75, 3.05) is 0 Å². The van der Waals surface area contributed by atoms with E-state index in [9.17, 15) is 0 Å². The topological polar surface area (TPSA) is 25.8 Å². The van der Waals surface area contributed by atoms with Crippen molar-refractivity contribution in [3.63, 3.8) is 0 Å². The van der Waals surface area contributed by atoms with Crippen molar-refractivity contribution in [2.45, 2.75) is 17.6 Å². The maximum absolute atomic E-state index is 5.61. The van der Waals surface area contributed by atoms with Crippen LogP contribution in [0.5, 0.6) is 0 Å². The molecule has 0 spiro atoms. The van der Waals surface area contributed by atoms with Crippen molar-refractivity contribution in [3.05, 3.63) is 23.3 Å². The van der Waals surface area contributed by atoms with Crippen LogP contribution in [0.1, 0.15) is 17.2 Å². The van der Waals surface area contributed by atoms with Crippen LogP contribution < -0.4 is 0 Å². The summed E-state index contributed by atoms with van der Waals surface area (Å²) >= 11 is 16.8. The lowest BCUT2D eigenvalue weighted by molar-refractivity contribution is 0.945. The lowest BCUT2D eigenvalue weighted by Gasteiger charge is -2.01. The summed E-state index contributed by atoms with van der Waals surface area (Å²) in [5.74, 6) is 1.58. The minimum absolute atomic E-state index is 0.286. The van der Waals surface area contributed by atoms with Gasteiger partial charge < -0.3 is 0 Å². The van der Waals surface area contributed by atoms with E-state index in [0.717, 1.165) is 11.4 Å². The molecule has 0 radical (unpaired) electrons. The van der Waals surface area contributed by atoms with E-state index in [4.69, 9.17) is 34.8 Å². The number of halogens is 3. The molecule has 0 saturated carbocycles. The zero-order chi connectivity index (χ0) is 8.97. The van der Waals surface area contributed by atoms with Gasteiger partial charge in [-0.15, -0.1) is 34.8 Å². The maximum Gasteiger partial charge on any atom is 0.143 e. The second kappa shape index (κ2) is 4.85. The van der Waals surface area contributed by atoms with E-state index in [1.165, 1.54) is 0 Å². The third kappa shape index (κ3) is 2.47. The highest BCUT2D eigenvalue weighted by molar-refractivity contribution is 6.17. The highest BCUT2D eigenvalue weighted by Crippen LogP contribution is 2.08. The molecule has 0 aliphatic carbocycles. The Labute approximate surface area is 85.9 Å². The van der Waals surface area contributed by atoms with Crippen molar-refractivity contribution in [1.82, 2.24) is 9.97 Å². The maximum atomic E-state index is 5.61. The van der Waals surface area contributed by atoms with E-state index in [2.05, 4.69) is 9.97 Å². The molecule has 0 aliphatic heterocycles. The van der Waals surface area contributed by atoms with Crippen molar-refractivity contribution in [1.29, 1.82) is 0 Å².